The van der Waals surface area contributed by atoms with Crippen molar-refractivity contribution >= 4 is 15.9 Å². The SMILES string of the molecule is OC(c1ccc(Br)cc1C(F)(F)F)C1CC1. The van der Waals surface area contributed by atoms with Crippen LogP contribution in [-0.2, 0) is 6.18 Å². The Morgan fingerprint density at radius 3 is 2.44 bits per heavy atom. The molecule has 1 atom stereocenters. The molecule has 1 N–H and O–H groups in total. The Morgan fingerprint density at radius 1 is 1.31 bits per heavy atom. The Labute approximate surface area is 99.4 Å². The molecule has 1 aliphatic rings. The van der Waals surface area contributed by atoms with Crippen LogP contribution in [0.3, 0.4) is 0 Å². The van der Waals surface area contributed by atoms with Crippen molar-refractivity contribution in [1.29, 1.82) is 0 Å². The minimum atomic E-state index is -4.42. The second-order valence-corrected chi connectivity index (χ2v) is 4.93. The molecule has 1 nitrogen and oxygen atoms in total. The predicted molar refractivity (Wildman–Crippen MR) is 56.8 cm³/mol. The Balaban J connectivity index is 2.43. The summed E-state index contributed by atoms with van der Waals surface area (Å²) in [5.41, 5.74) is -0.764. The number of halogens is 4. The highest BCUT2D eigenvalue weighted by Gasteiger charge is 2.39. The van der Waals surface area contributed by atoms with Crippen LogP contribution < -0.4 is 0 Å². The number of aliphatic hydroxyl groups is 1. The van der Waals surface area contributed by atoms with Gasteiger partial charge in [-0.05, 0) is 36.5 Å². The fourth-order valence-corrected chi connectivity index (χ4v) is 2.06. The molecule has 1 aliphatic carbocycles. The van der Waals surface area contributed by atoms with E-state index in [1.165, 1.54) is 12.1 Å². The van der Waals surface area contributed by atoms with Crippen molar-refractivity contribution in [2.24, 2.45) is 5.92 Å². The highest BCUT2D eigenvalue weighted by molar-refractivity contribution is 9.10. The van der Waals surface area contributed by atoms with Gasteiger partial charge in [0.05, 0.1) is 11.7 Å². The van der Waals surface area contributed by atoms with E-state index in [4.69, 9.17) is 0 Å². The second kappa shape index (κ2) is 4.04. The first-order chi connectivity index (χ1) is 7.39. The number of aliphatic hydroxyl groups excluding tert-OH is 1. The van der Waals surface area contributed by atoms with Crippen molar-refractivity contribution in [1.82, 2.24) is 0 Å². The summed E-state index contributed by atoms with van der Waals surface area (Å²) >= 11 is 3.01. The normalized spacial score (nSPS) is 18.6. The van der Waals surface area contributed by atoms with Gasteiger partial charge in [-0.2, -0.15) is 13.2 Å². The van der Waals surface area contributed by atoms with E-state index in [1.807, 2.05) is 0 Å². The van der Waals surface area contributed by atoms with Crippen LogP contribution in [0.5, 0.6) is 0 Å². The summed E-state index contributed by atoms with van der Waals surface area (Å²) in [6.45, 7) is 0. The van der Waals surface area contributed by atoms with Crippen molar-refractivity contribution in [2.45, 2.75) is 25.1 Å². The predicted octanol–water partition coefficient (Wildman–Crippen LogP) is 3.91. The zero-order chi connectivity index (χ0) is 11.9. The summed E-state index contributed by atoms with van der Waals surface area (Å²) in [6, 6.07) is 3.88. The van der Waals surface area contributed by atoms with E-state index in [1.54, 1.807) is 0 Å². The Bertz CT molecular complexity index is 399. The Morgan fingerprint density at radius 2 is 1.94 bits per heavy atom. The monoisotopic (exact) mass is 294 g/mol. The summed E-state index contributed by atoms with van der Waals surface area (Å²) in [4.78, 5) is 0. The Hall–Kier alpha value is -0.550. The van der Waals surface area contributed by atoms with E-state index >= 15 is 0 Å². The molecule has 1 unspecified atom stereocenters. The quantitative estimate of drug-likeness (QED) is 0.877. The number of rotatable bonds is 2. The first-order valence-corrected chi connectivity index (χ1v) is 5.73. The van der Waals surface area contributed by atoms with Gasteiger partial charge in [-0.15, -0.1) is 0 Å². The van der Waals surface area contributed by atoms with E-state index in [0.717, 1.165) is 18.9 Å². The molecule has 1 saturated carbocycles. The summed E-state index contributed by atoms with van der Waals surface area (Å²) in [5.74, 6) is -0.0118. The van der Waals surface area contributed by atoms with Gasteiger partial charge in [-0.1, -0.05) is 22.0 Å². The standard InChI is InChI=1S/C11H10BrF3O/c12-7-3-4-8(10(16)6-1-2-6)9(5-7)11(13,14)15/h3-6,10,16H,1-2H2. The number of benzene rings is 1. The lowest BCUT2D eigenvalue weighted by Gasteiger charge is -2.17. The van der Waals surface area contributed by atoms with Gasteiger partial charge in [0.2, 0.25) is 0 Å². The van der Waals surface area contributed by atoms with Gasteiger partial charge < -0.3 is 5.11 Å². The molecule has 1 aromatic carbocycles. The fourth-order valence-electron chi connectivity index (χ4n) is 1.70. The maximum absolute atomic E-state index is 12.7. The van der Waals surface area contributed by atoms with Crippen LogP contribution in [0.4, 0.5) is 13.2 Å². The summed E-state index contributed by atoms with van der Waals surface area (Å²) in [5, 5.41) is 9.78. The molecule has 0 aromatic heterocycles. The molecular formula is C11H10BrF3O. The number of alkyl halides is 3. The third-order valence-corrected chi connectivity index (χ3v) is 3.20. The van der Waals surface area contributed by atoms with Gasteiger partial charge in [0.25, 0.3) is 0 Å². The molecule has 0 spiro atoms. The lowest BCUT2D eigenvalue weighted by Crippen LogP contribution is -2.13. The van der Waals surface area contributed by atoms with Gasteiger partial charge >= 0.3 is 6.18 Å². The minimum Gasteiger partial charge on any atom is -0.388 e. The van der Waals surface area contributed by atoms with E-state index in [9.17, 15) is 18.3 Å². The first-order valence-electron chi connectivity index (χ1n) is 4.94. The van der Waals surface area contributed by atoms with E-state index in [2.05, 4.69) is 15.9 Å². The molecule has 16 heavy (non-hydrogen) atoms. The molecule has 0 amide bonds. The van der Waals surface area contributed by atoms with Crippen LogP contribution in [-0.4, -0.2) is 5.11 Å². The van der Waals surface area contributed by atoms with Crippen LogP contribution >= 0.6 is 15.9 Å². The smallest absolute Gasteiger partial charge is 0.388 e. The van der Waals surface area contributed by atoms with Gasteiger partial charge in [0.1, 0.15) is 0 Å². The van der Waals surface area contributed by atoms with Crippen LogP contribution in [0.2, 0.25) is 0 Å². The minimum absolute atomic E-state index is 0.0118. The average Bonchev–Trinajstić information content (AvgIpc) is 2.98. The number of hydrogen-bond donors (Lipinski definition) is 1. The van der Waals surface area contributed by atoms with Gasteiger partial charge in [-0.3, -0.25) is 0 Å². The molecule has 1 aromatic rings. The molecule has 0 bridgehead atoms. The molecular weight excluding hydrogens is 285 g/mol. The Kier molecular flexibility index (Phi) is 3.01. The molecule has 5 heteroatoms. The first kappa shape index (κ1) is 11.9. The van der Waals surface area contributed by atoms with Gasteiger partial charge in [0.15, 0.2) is 0 Å². The van der Waals surface area contributed by atoms with E-state index < -0.39 is 17.8 Å². The van der Waals surface area contributed by atoms with Crippen molar-refractivity contribution in [3.8, 4) is 0 Å². The van der Waals surface area contributed by atoms with Crippen LogP contribution in [0.1, 0.15) is 30.1 Å². The number of hydrogen-bond acceptors (Lipinski definition) is 1. The molecule has 0 heterocycles. The zero-order valence-electron chi connectivity index (χ0n) is 8.26. The molecule has 2 rings (SSSR count). The lowest BCUT2D eigenvalue weighted by molar-refractivity contribution is -0.139. The van der Waals surface area contributed by atoms with Gasteiger partial charge in [0, 0.05) is 4.47 Å². The summed E-state index contributed by atoms with van der Waals surface area (Å²) in [7, 11) is 0. The molecule has 1 fully saturated rings. The maximum Gasteiger partial charge on any atom is 0.416 e. The maximum atomic E-state index is 12.7. The van der Waals surface area contributed by atoms with Gasteiger partial charge in [-0.25, -0.2) is 0 Å². The van der Waals surface area contributed by atoms with Crippen molar-refractivity contribution in [3.05, 3.63) is 33.8 Å². The van der Waals surface area contributed by atoms with E-state index in [0.29, 0.717) is 4.47 Å². The van der Waals surface area contributed by atoms with Crippen molar-refractivity contribution in [2.75, 3.05) is 0 Å². The van der Waals surface area contributed by atoms with Crippen LogP contribution in [0.25, 0.3) is 0 Å². The third kappa shape index (κ3) is 2.40. The lowest BCUT2D eigenvalue weighted by atomic mass is 9.99. The summed E-state index contributed by atoms with van der Waals surface area (Å²) < 4.78 is 38.6. The topological polar surface area (TPSA) is 20.2 Å². The van der Waals surface area contributed by atoms with Crippen LogP contribution in [0.15, 0.2) is 22.7 Å². The van der Waals surface area contributed by atoms with Crippen molar-refractivity contribution in [3.63, 3.8) is 0 Å². The summed E-state index contributed by atoms with van der Waals surface area (Å²) in [6.07, 6.45) is -3.82. The van der Waals surface area contributed by atoms with E-state index in [-0.39, 0.29) is 11.5 Å². The second-order valence-electron chi connectivity index (χ2n) is 4.01. The average molecular weight is 295 g/mol. The van der Waals surface area contributed by atoms with Crippen molar-refractivity contribution < 1.29 is 18.3 Å². The highest BCUT2D eigenvalue weighted by Crippen LogP contribution is 2.45. The molecule has 0 aliphatic heterocycles. The molecule has 0 radical (unpaired) electrons. The fraction of sp³-hybridized carbons (Fsp3) is 0.455. The zero-order valence-corrected chi connectivity index (χ0v) is 9.85. The third-order valence-electron chi connectivity index (χ3n) is 2.71. The largest absolute Gasteiger partial charge is 0.416 e. The molecule has 88 valence electrons. The van der Waals surface area contributed by atoms with Crippen LogP contribution in [0, 0.1) is 5.92 Å². The highest BCUT2D eigenvalue weighted by atomic mass is 79.9. The molecule has 0 saturated heterocycles.